The van der Waals surface area contributed by atoms with Gasteiger partial charge in [0.25, 0.3) is 0 Å². The lowest BCUT2D eigenvalue weighted by atomic mass is 9.89. The summed E-state index contributed by atoms with van der Waals surface area (Å²) in [6.07, 6.45) is 3.85. The minimum atomic E-state index is -0.0362. The summed E-state index contributed by atoms with van der Waals surface area (Å²) in [4.78, 5) is 11.3. The molecule has 0 bridgehead atoms. The van der Waals surface area contributed by atoms with Crippen LogP contribution in [0.3, 0.4) is 0 Å². The van der Waals surface area contributed by atoms with Gasteiger partial charge < -0.3 is 5.11 Å². The average Bonchev–Trinajstić information content (AvgIpc) is 2.27. The van der Waals surface area contributed by atoms with E-state index in [1.54, 1.807) is 0 Å². The van der Waals surface area contributed by atoms with Crippen molar-refractivity contribution in [3.63, 3.8) is 0 Å². The van der Waals surface area contributed by atoms with E-state index in [4.69, 9.17) is 0 Å². The van der Waals surface area contributed by atoms with Crippen molar-refractivity contribution >= 4 is 11.9 Å². The van der Waals surface area contributed by atoms with Gasteiger partial charge >= 0.3 is 0 Å². The van der Waals surface area contributed by atoms with E-state index < -0.39 is 0 Å². The van der Waals surface area contributed by atoms with Crippen LogP contribution in [-0.2, 0) is 4.79 Å². The molecular formula is C14H14O2. The number of aliphatic hydroxyl groups excluding tert-OH is 1. The summed E-state index contributed by atoms with van der Waals surface area (Å²) in [5, 5.41) is 9.69. The first-order chi connectivity index (χ1) is 7.66. The second-order valence-corrected chi connectivity index (χ2v) is 4.12. The van der Waals surface area contributed by atoms with Crippen LogP contribution < -0.4 is 0 Å². The number of hydrogen-bond donors (Lipinski definition) is 1. The molecule has 2 nitrogen and oxygen atoms in total. The molecule has 1 aromatic carbocycles. The van der Waals surface area contributed by atoms with E-state index in [1.165, 1.54) is 6.08 Å². The van der Waals surface area contributed by atoms with E-state index in [2.05, 4.69) is 0 Å². The number of benzene rings is 1. The Balaban J connectivity index is 2.32. The van der Waals surface area contributed by atoms with Crippen LogP contribution in [-0.4, -0.2) is 10.9 Å². The third-order valence-corrected chi connectivity index (χ3v) is 2.76. The Morgan fingerprint density at radius 2 is 2.00 bits per heavy atom. The van der Waals surface area contributed by atoms with Gasteiger partial charge in [-0.2, -0.15) is 0 Å². The molecular weight excluding hydrogens is 200 g/mol. The second kappa shape index (κ2) is 4.35. The molecule has 0 saturated heterocycles. The third-order valence-electron chi connectivity index (χ3n) is 2.76. The molecule has 0 spiro atoms. The molecule has 16 heavy (non-hydrogen) atoms. The maximum absolute atomic E-state index is 11.3. The van der Waals surface area contributed by atoms with Gasteiger partial charge in [0.05, 0.1) is 0 Å². The lowest BCUT2D eigenvalue weighted by Crippen LogP contribution is -2.15. The monoisotopic (exact) mass is 214 g/mol. The van der Waals surface area contributed by atoms with Crippen LogP contribution in [0.1, 0.15) is 18.9 Å². The van der Waals surface area contributed by atoms with Gasteiger partial charge in [-0.15, -0.1) is 0 Å². The maximum atomic E-state index is 11.3. The highest BCUT2D eigenvalue weighted by Gasteiger charge is 2.21. The molecule has 2 rings (SSSR count). The number of allylic oxidation sites excluding steroid dienone is 2. The van der Waals surface area contributed by atoms with E-state index in [0.29, 0.717) is 6.42 Å². The summed E-state index contributed by atoms with van der Waals surface area (Å²) >= 11 is 0. The molecule has 1 aromatic rings. The topological polar surface area (TPSA) is 37.3 Å². The van der Waals surface area contributed by atoms with Crippen LogP contribution >= 0.6 is 0 Å². The Labute approximate surface area is 94.9 Å². The molecule has 82 valence electrons. The Kier molecular flexibility index (Phi) is 2.91. The quantitative estimate of drug-likeness (QED) is 0.779. The summed E-state index contributed by atoms with van der Waals surface area (Å²) in [7, 11) is 0. The standard InChI is InChI=1S/C14H14O2/c1-10-7-12(14(16)9-13(10)15)8-11-5-3-2-4-6-11/h2-6,8-10,16H,7H2,1H3/b12-8-. The van der Waals surface area contributed by atoms with Crippen molar-refractivity contribution in [3.8, 4) is 0 Å². The van der Waals surface area contributed by atoms with Crippen molar-refractivity contribution < 1.29 is 9.90 Å². The lowest BCUT2D eigenvalue weighted by molar-refractivity contribution is -0.118. The highest BCUT2D eigenvalue weighted by molar-refractivity contribution is 5.94. The van der Waals surface area contributed by atoms with Crippen molar-refractivity contribution in [2.75, 3.05) is 0 Å². The normalized spacial score (nSPS) is 23.3. The Morgan fingerprint density at radius 1 is 1.31 bits per heavy atom. The van der Waals surface area contributed by atoms with Gasteiger partial charge in [-0.3, -0.25) is 4.79 Å². The number of ketones is 1. The summed E-state index contributed by atoms with van der Waals surface area (Å²) in [6.45, 7) is 1.88. The van der Waals surface area contributed by atoms with Crippen LogP contribution in [0.15, 0.2) is 47.7 Å². The lowest BCUT2D eigenvalue weighted by Gasteiger charge is -2.17. The molecule has 0 saturated carbocycles. The van der Waals surface area contributed by atoms with Crippen molar-refractivity contribution in [2.45, 2.75) is 13.3 Å². The fourth-order valence-electron chi connectivity index (χ4n) is 1.79. The van der Waals surface area contributed by atoms with Crippen LogP contribution in [0.4, 0.5) is 0 Å². The van der Waals surface area contributed by atoms with Gasteiger partial charge in [0.15, 0.2) is 5.78 Å². The summed E-state index contributed by atoms with van der Waals surface area (Å²) < 4.78 is 0. The molecule has 0 amide bonds. The molecule has 0 radical (unpaired) electrons. The summed E-state index contributed by atoms with van der Waals surface area (Å²) in [5.74, 6) is 0.0699. The predicted molar refractivity (Wildman–Crippen MR) is 63.9 cm³/mol. The van der Waals surface area contributed by atoms with Crippen molar-refractivity contribution in [1.29, 1.82) is 0 Å². The average molecular weight is 214 g/mol. The molecule has 1 N–H and O–H groups in total. The zero-order valence-electron chi connectivity index (χ0n) is 9.18. The first-order valence-corrected chi connectivity index (χ1v) is 5.37. The smallest absolute Gasteiger partial charge is 0.162 e. The maximum Gasteiger partial charge on any atom is 0.162 e. The van der Waals surface area contributed by atoms with Gasteiger partial charge in [0.1, 0.15) is 5.76 Å². The van der Waals surface area contributed by atoms with Gasteiger partial charge in [-0.1, -0.05) is 37.3 Å². The first kappa shape index (κ1) is 10.7. The SMILES string of the molecule is CC1C/C(=C/c2ccccc2)C(O)=CC1=O. The zero-order valence-corrected chi connectivity index (χ0v) is 9.18. The number of rotatable bonds is 1. The number of carbonyl (C=O) groups excluding carboxylic acids is 1. The van der Waals surface area contributed by atoms with Crippen LogP contribution in [0, 0.1) is 5.92 Å². The minimum absolute atomic E-state index is 0.00251. The molecule has 1 atom stereocenters. The molecule has 1 unspecified atom stereocenters. The number of aliphatic hydroxyl groups is 1. The van der Waals surface area contributed by atoms with Crippen LogP contribution in [0.2, 0.25) is 0 Å². The molecule has 1 aliphatic rings. The Hall–Kier alpha value is -1.83. The molecule has 0 aliphatic heterocycles. The Morgan fingerprint density at radius 3 is 2.69 bits per heavy atom. The highest BCUT2D eigenvalue weighted by atomic mass is 16.3. The van der Waals surface area contributed by atoms with E-state index >= 15 is 0 Å². The number of hydrogen-bond acceptors (Lipinski definition) is 2. The van der Waals surface area contributed by atoms with E-state index in [-0.39, 0.29) is 17.5 Å². The van der Waals surface area contributed by atoms with Gasteiger partial charge in [0, 0.05) is 12.0 Å². The minimum Gasteiger partial charge on any atom is -0.508 e. The van der Waals surface area contributed by atoms with E-state index in [9.17, 15) is 9.90 Å². The van der Waals surface area contributed by atoms with Gasteiger partial charge in [-0.05, 0) is 23.6 Å². The molecule has 2 heteroatoms. The molecule has 0 heterocycles. The predicted octanol–water partition coefficient (Wildman–Crippen LogP) is 3.12. The van der Waals surface area contributed by atoms with Crippen molar-refractivity contribution in [2.24, 2.45) is 5.92 Å². The van der Waals surface area contributed by atoms with E-state index in [1.807, 2.05) is 43.3 Å². The van der Waals surface area contributed by atoms with Crippen LogP contribution in [0.25, 0.3) is 6.08 Å². The highest BCUT2D eigenvalue weighted by Crippen LogP contribution is 2.26. The largest absolute Gasteiger partial charge is 0.508 e. The third kappa shape index (κ3) is 2.22. The second-order valence-electron chi connectivity index (χ2n) is 4.12. The van der Waals surface area contributed by atoms with Crippen LogP contribution in [0.5, 0.6) is 0 Å². The molecule has 1 aliphatic carbocycles. The molecule has 0 fully saturated rings. The van der Waals surface area contributed by atoms with E-state index in [0.717, 1.165) is 11.1 Å². The zero-order chi connectivity index (χ0) is 11.5. The molecule has 0 aromatic heterocycles. The van der Waals surface area contributed by atoms with Gasteiger partial charge in [0.2, 0.25) is 0 Å². The van der Waals surface area contributed by atoms with Crippen molar-refractivity contribution in [3.05, 3.63) is 53.3 Å². The fraction of sp³-hybridized carbons (Fsp3) is 0.214. The first-order valence-electron chi connectivity index (χ1n) is 5.37. The van der Waals surface area contributed by atoms with Crippen molar-refractivity contribution in [1.82, 2.24) is 0 Å². The Bertz CT molecular complexity index is 455. The number of carbonyl (C=O) groups is 1. The summed E-state index contributed by atoms with van der Waals surface area (Å²) in [5.41, 5.74) is 1.87. The van der Waals surface area contributed by atoms with Gasteiger partial charge in [-0.25, -0.2) is 0 Å². The summed E-state index contributed by atoms with van der Waals surface area (Å²) in [6, 6.07) is 9.79. The fourth-order valence-corrected chi connectivity index (χ4v) is 1.79.